The lowest BCUT2D eigenvalue weighted by molar-refractivity contribution is -0.120. The number of nitrogens with two attached hydrogens (primary N) is 1. The second-order valence-corrected chi connectivity index (χ2v) is 6.84. The summed E-state index contributed by atoms with van der Waals surface area (Å²) in [4.78, 5) is 12.0. The second kappa shape index (κ2) is 6.00. The molecule has 1 saturated carbocycles. The predicted molar refractivity (Wildman–Crippen MR) is 86.8 cm³/mol. The highest BCUT2D eigenvalue weighted by atomic mass is 32.2. The molecule has 0 radical (unpaired) electrons. The lowest BCUT2D eigenvalue weighted by Gasteiger charge is -2.11. The van der Waals surface area contributed by atoms with Gasteiger partial charge in [0.05, 0.1) is 5.25 Å². The summed E-state index contributed by atoms with van der Waals surface area (Å²) in [6.45, 7) is 3.85. The molecular formula is C15H19N5OS. The Bertz CT molecular complexity index is 695. The number of amides is 1. The zero-order chi connectivity index (χ0) is 15.7. The van der Waals surface area contributed by atoms with Gasteiger partial charge >= 0.3 is 0 Å². The number of carbonyl (C=O) groups is 1. The van der Waals surface area contributed by atoms with Crippen molar-refractivity contribution in [2.45, 2.75) is 43.1 Å². The fraction of sp³-hybridized carbons (Fsp3) is 0.400. The van der Waals surface area contributed by atoms with Gasteiger partial charge in [0.1, 0.15) is 0 Å². The van der Waals surface area contributed by atoms with Crippen molar-refractivity contribution >= 4 is 17.7 Å². The van der Waals surface area contributed by atoms with Crippen LogP contribution in [0.3, 0.4) is 0 Å². The number of nitrogens with zero attached hydrogens (tertiary/aromatic N) is 3. The summed E-state index contributed by atoms with van der Waals surface area (Å²) in [7, 11) is 0. The molecule has 1 aliphatic rings. The Kier molecular flexibility index (Phi) is 4.06. The van der Waals surface area contributed by atoms with Gasteiger partial charge in [-0.05, 0) is 32.3 Å². The van der Waals surface area contributed by atoms with E-state index in [1.54, 1.807) is 0 Å². The van der Waals surface area contributed by atoms with Crippen molar-refractivity contribution in [1.82, 2.24) is 20.2 Å². The molecule has 1 heterocycles. The normalized spacial score (nSPS) is 15.5. The minimum absolute atomic E-state index is 0.0212. The van der Waals surface area contributed by atoms with Gasteiger partial charge in [0.15, 0.2) is 5.82 Å². The number of carbonyl (C=O) groups excluding carboxylic acids is 1. The number of thioether (sulfide) groups is 1. The van der Waals surface area contributed by atoms with E-state index in [1.807, 2.05) is 38.1 Å². The Balaban J connectivity index is 1.75. The number of rotatable bonds is 5. The third kappa shape index (κ3) is 3.09. The molecular weight excluding hydrogens is 298 g/mol. The average molecular weight is 317 g/mol. The Hall–Kier alpha value is -2.02. The van der Waals surface area contributed by atoms with Crippen LogP contribution < -0.4 is 11.2 Å². The Labute approximate surface area is 133 Å². The van der Waals surface area contributed by atoms with E-state index >= 15 is 0 Å². The van der Waals surface area contributed by atoms with Crippen LogP contribution in [0.2, 0.25) is 0 Å². The van der Waals surface area contributed by atoms with E-state index in [0.29, 0.717) is 17.0 Å². The first-order valence-corrected chi connectivity index (χ1v) is 8.17. The van der Waals surface area contributed by atoms with Crippen LogP contribution in [0.25, 0.3) is 11.4 Å². The third-order valence-electron chi connectivity index (χ3n) is 3.63. The van der Waals surface area contributed by atoms with Crippen LogP contribution in [0.1, 0.15) is 25.3 Å². The molecule has 0 saturated heterocycles. The smallest absolute Gasteiger partial charge is 0.233 e. The topological polar surface area (TPSA) is 85.8 Å². The number of aryl methyl sites for hydroxylation is 1. The van der Waals surface area contributed by atoms with Crippen molar-refractivity contribution in [3.63, 3.8) is 0 Å². The van der Waals surface area contributed by atoms with Gasteiger partial charge in [-0.3, -0.25) is 4.79 Å². The molecule has 1 atom stereocenters. The molecule has 1 aromatic heterocycles. The Morgan fingerprint density at radius 3 is 2.82 bits per heavy atom. The molecule has 7 heteroatoms. The lowest BCUT2D eigenvalue weighted by atomic mass is 10.1. The summed E-state index contributed by atoms with van der Waals surface area (Å²) in [5.41, 5.74) is 2.03. The molecule has 1 amide bonds. The van der Waals surface area contributed by atoms with Crippen LogP contribution >= 0.6 is 11.8 Å². The first-order chi connectivity index (χ1) is 10.6. The molecule has 1 fully saturated rings. The Morgan fingerprint density at radius 2 is 2.14 bits per heavy atom. The molecule has 0 bridgehead atoms. The van der Waals surface area contributed by atoms with Crippen LogP contribution in [0.15, 0.2) is 29.4 Å². The van der Waals surface area contributed by atoms with Gasteiger partial charge in [-0.1, -0.05) is 36.0 Å². The zero-order valence-corrected chi connectivity index (χ0v) is 13.4. The van der Waals surface area contributed by atoms with Crippen molar-refractivity contribution in [2.24, 2.45) is 0 Å². The summed E-state index contributed by atoms with van der Waals surface area (Å²) in [6, 6.07) is 8.22. The van der Waals surface area contributed by atoms with E-state index in [2.05, 4.69) is 15.5 Å². The molecule has 0 aliphatic heterocycles. The predicted octanol–water partition coefficient (Wildman–Crippen LogP) is 1.73. The van der Waals surface area contributed by atoms with Crippen LogP contribution in [0.4, 0.5) is 0 Å². The third-order valence-corrected chi connectivity index (χ3v) is 4.68. The van der Waals surface area contributed by atoms with Gasteiger partial charge < -0.3 is 11.2 Å². The number of nitrogens with one attached hydrogen (secondary N) is 1. The van der Waals surface area contributed by atoms with Crippen LogP contribution in [-0.2, 0) is 4.79 Å². The maximum atomic E-state index is 12.0. The molecule has 1 aromatic carbocycles. The highest BCUT2D eigenvalue weighted by Crippen LogP contribution is 2.27. The highest BCUT2D eigenvalue weighted by Gasteiger charge is 2.27. The molecule has 0 spiro atoms. The van der Waals surface area contributed by atoms with E-state index < -0.39 is 0 Å². The monoisotopic (exact) mass is 317 g/mol. The first-order valence-electron chi connectivity index (χ1n) is 7.30. The largest absolute Gasteiger partial charge is 0.352 e. The second-order valence-electron chi connectivity index (χ2n) is 5.53. The van der Waals surface area contributed by atoms with Gasteiger partial charge in [-0.25, -0.2) is 4.68 Å². The molecule has 0 unspecified atom stereocenters. The molecule has 1 aliphatic carbocycles. The molecule has 6 nitrogen and oxygen atoms in total. The van der Waals surface area contributed by atoms with Crippen molar-refractivity contribution in [3.05, 3.63) is 29.8 Å². The van der Waals surface area contributed by atoms with Crippen molar-refractivity contribution < 1.29 is 4.79 Å². The van der Waals surface area contributed by atoms with Crippen LogP contribution in [0, 0.1) is 6.92 Å². The number of hydrogen-bond donors (Lipinski definition) is 2. The standard InChI is InChI=1S/C15H19N5OS/c1-9-5-3-4-6-12(9)13-18-19-15(20(13)16)22-10(2)14(21)17-11-7-8-11/h3-6,10-11H,7-8,16H2,1-2H3,(H,17,21)/t10-/m1/s1. The van der Waals surface area contributed by atoms with Gasteiger partial charge in [-0.15, -0.1) is 10.2 Å². The van der Waals surface area contributed by atoms with Gasteiger partial charge in [0, 0.05) is 11.6 Å². The molecule has 3 N–H and O–H groups in total. The minimum atomic E-state index is -0.253. The number of aromatic nitrogens is 3. The summed E-state index contributed by atoms with van der Waals surface area (Å²) in [5, 5.41) is 11.6. The van der Waals surface area contributed by atoms with Gasteiger partial charge in [-0.2, -0.15) is 0 Å². The van der Waals surface area contributed by atoms with Crippen molar-refractivity contribution in [1.29, 1.82) is 0 Å². The summed E-state index contributed by atoms with van der Waals surface area (Å²) >= 11 is 1.32. The van der Waals surface area contributed by atoms with Crippen LogP contribution in [-0.4, -0.2) is 32.1 Å². The molecule has 3 rings (SSSR count). The highest BCUT2D eigenvalue weighted by molar-refractivity contribution is 8.00. The van der Waals surface area contributed by atoms with Crippen molar-refractivity contribution in [3.8, 4) is 11.4 Å². The lowest BCUT2D eigenvalue weighted by Crippen LogP contribution is -2.32. The summed E-state index contributed by atoms with van der Waals surface area (Å²) < 4.78 is 1.45. The summed E-state index contributed by atoms with van der Waals surface area (Å²) in [5.74, 6) is 6.73. The molecule has 116 valence electrons. The zero-order valence-electron chi connectivity index (χ0n) is 12.6. The fourth-order valence-corrected chi connectivity index (χ4v) is 2.90. The molecule has 22 heavy (non-hydrogen) atoms. The maximum absolute atomic E-state index is 12.0. The van der Waals surface area contributed by atoms with E-state index in [-0.39, 0.29) is 11.2 Å². The number of nitrogen functional groups attached to an aromatic ring is 1. The quantitative estimate of drug-likeness (QED) is 0.648. The number of benzene rings is 1. The minimum Gasteiger partial charge on any atom is -0.352 e. The molecule has 2 aromatic rings. The van der Waals surface area contributed by atoms with E-state index in [1.165, 1.54) is 16.4 Å². The van der Waals surface area contributed by atoms with E-state index in [4.69, 9.17) is 5.84 Å². The van der Waals surface area contributed by atoms with Gasteiger partial charge in [0.25, 0.3) is 0 Å². The van der Waals surface area contributed by atoms with Crippen LogP contribution in [0.5, 0.6) is 0 Å². The average Bonchev–Trinajstić information content (AvgIpc) is 3.24. The first kappa shape index (κ1) is 14.9. The van der Waals surface area contributed by atoms with E-state index in [0.717, 1.165) is 24.0 Å². The SMILES string of the molecule is Cc1ccccc1-c1nnc(S[C@H](C)C(=O)NC2CC2)n1N. The van der Waals surface area contributed by atoms with Crippen molar-refractivity contribution in [2.75, 3.05) is 5.84 Å². The number of hydrogen-bond acceptors (Lipinski definition) is 5. The fourth-order valence-electron chi connectivity index (χ4n) is 2.12. The van der Waals surface area contributed by atoms with Gasteiger partial charge in [0.2, 0.25) is 11.1 Å². The maximum Gasteiger partial charge on any atom is 0.233 e. The Morgan fingerprint density at radius 1 is 1.41 bits per heavy atom. The summed E-state index contributed by atoms with van der Waals surface area (Å²) in [6.07, 6.45) is 2.15. The van der Waals surface area contributed by atoms with E-state index in [9.17, 15) is 4.79 Å².